The third kappa shape index (κ3) is 1.68. The molecule has 1 aromatic rings. The van der Waals surface area contributed by atoms with Crippen LogP contribution in [0.2, 0.25) is 0 Å². The van der Waals surface area contributed by atoms with Gasteiger partial charge in [0, 0.05) is 0 Å². The highest BCUT2D eigenvalue weighted by atomic mass is 127. The fraction of sp³-hybridized carbons (Fsp3) is 0.333. The average molecular weight is 279 g/mol. The number of aryl methyl sites for hydroxylation is 2. The number of nitro groups is 1. The molecule has 0 fully saturated rings. The molecule has 0 aliphatic heterocycles. The number of hydrogen-bond acceptors (Lipinski definition) is 4. The Morgan fingerprint density at radius 1 is 1.42 bits per heavy atom. The molecule has 0 atom stereocenters. The van der Waals surface area contributed by atoms with E-state index in [1.807, 2.05) is 22.6 Å². The van der Waals surface area contributed by atoms with Crippen LogP contribution >= 0.6 is 22.6 Å². The van der Waals surface area contributed by atoms with Crippen molar-refractivity contribution in [3.05, 3.63) is 25.3 Å². The smallest absolute Gasteiger partial charge is 0.258 e. The van der Waals surface area contributed by atoms with Gasteiger partial charge >= 0.3 is 5.69 Å². The molecule has 0 N–H and O–H groups in total. The van der Waals surface area contributed by atoms with E-state index in [9.17, 15) is 10.1 Å². The molecule has 0 aliphatic carbocycles. The van der Waals surface area contributed by atoms with E-state index in [-0.39, 0.29) is 5.69 Å². The lowest BCUT2D eigenvalue weighted by atomic mass is 10.4. The van der Waals surface area contributed by atoms with E-state index in [0.717, 1.165) is 0 Å². The van der Waals surface area contributed by atoms with Gasteiger partial charge in [-0.25, -0.2) is 9.97 Å². The van der Waals surface area contributed by atoms with Gasteiger partial charge in [0.15, 0.2) is 3.70 Å². The monoisotopic (exact) mass is 279 g/mol. The first-order valence-corrected chi connectivity index (χ1v) is 4.25. The summed E-state index contributed by atoms with van der Waals surface area (Å²) in [4.78, 5) is 17.8. The molecule has 0 aromatic carbocycles. The standard InChI is InChI=1S/C6H6IN3O2/c1-3-5(10(11)12)6(7)9-4(2)8-3/h1-2H3. The van der Waals surface area contributed by atoms with Crippen LogP contribution in [0.25, 0.3) is 0 Å². The Hall–Kier alpha value is -0.790. The van der Waals surface area contributed by atoms with Crippen LogP contribution in [-0.4, -0.2) is 14.9 Å². The van der Waals surface area contributed by atoms with E-state index in [1.165, 1.54) is 0 Å². The molecule has 0 amide bonds. The van der Waals surface area contributed by atoms with E-state index in [0.29, 0.717) is 15.2 Å². The van der Waals surface area contributed by atoms with Crippen LogP contribution in [0.4, 0.5) is 5.69 Å². The summed E-state index contributed by atoms with van der Waals surface area (Å²) in [7, 11) is 0. The van der Waals surface area contributed by atoms with Crippen molar-refractivity contribution in [1.82, 2.24) is 9.97 Å². The van der Waals surface area contributed by atoms with Crippen LogP contribution in [0.1, 0.15) is 11.5 Å². The van der Waals surface area contributed by atoms with E-state index in [1.54, 1.807) is 13.8 Å². The summed E-state index contributed by atoms with van der Waals surface area (Å²) in [6.07, 6.45) is 0. The zero-order valence-electron chi connectivity index (χ0n) is 6.54. The van der Waals surface area contributed by atoms with Gasteiger partial charge in [-0.3, -0.25) is 10.1 Å². The Morgan fingerprint density at radius 3 is 2.42 bits per heavy atom. The minimum Gasteiger partial charge on any atom is -0.258 e. The van der Waals surface area contributed by atoms with E-state index in [2.05, 4.69) is 9.97 Å². The molecule has 12 heavy (non-hydrogen) atoms. The van der Waals surface area contributed by atoms with Gasteiger partial charge in [-0.1, -0.05) is 0 Å². The van der Waals surface area contributed by atoms with Crippen molar-refractivity contribution in [2.24, 2.45) is 0 Å². The summed E-state index contributed by atoms with van der Waals surface area (Å²) in [5.41, 5.74) is 0.415. The van der Waals surface area contributed by atoms with Gasteiger partial charge in [0.1, 0.15) is 11.5 Å². The lowest BCUT2D eigenvalue weighted by Crippen LogP contribution is -2.02. The summed E-state index contributed by atoms with van der Waals surface area (Å²) >= 11 is 1.83. The molecule has 0 aliphatic rings. The maximum absolute atomic E-state index is 10.5. The molecule has 1 aromatic heterocycles. The van der Waals surface area contributed by atoms with Gasteiger partial charge < -0.3 is 0 Å². The minimum absolute atomic E-state index is 0.00111. The predicted molar refractivity (Wildman–Crippen MR) is 50.9 cm³/mol. The Balaban J connectivity index is 3.38. The summed E-state index contributed by atoms with van der Waals surface area (Å²) in [6, 6.07) is 0. The largest absolute Gasteiger partial charge is 0.322 e. The summed E-state index contributed by atoms with van der Waals surface area (Å²) in [5.74, 6) is 0.558. The maximum atomic E-state index is 10.5. The Morgan fingerprint density at radius 2 is 2.00 bits per heavy atom. The molecule has 0 bridgehead atoms. The molecule has 5 nitrogen and oxygen atoms in total. The maximum Gasteiger partial charge on any atom is 0.322 e. The van der Waals surface area contributed by atoms with E-state index < -0.39 is 4.92 Å². The van der Waals surface area contributed by atoms with Crippen LogP contribution in [0.5, 0.6) is 0 Å². The van der Waals surface area contributed by atoms with Gasteiger partial charge in [-0.2, -0.15) is 0 Å². The van der Waals surface area contributed by atoms with Gasteiger partial charge in [-0.05, 0) is 36.4 Å². The fourth-order valence-electron chi connectivity index (χ4n) is 0.872. The quantitative estimate of drug-likeness (QED) is 0.339. The first kappa shape index (κ1) is 9.30. The van der Waals surface area contributed by atoms with Crippen LogP contribution in [0, 0.1) is 27.7 Å². The topological polar surface area (TPSA) is 68.9 Å². The summed E-state index contributed by atoms with van der Waals surface area (Å²) in [6.45, 7) is 3.31. The van der Waals surface area contributed by atoms with E-state index in [4.69, 9.17) is 0 Å². The van der Waals surface area contributed by atoms with Crippen LogP contribution in [-0.2, 0) is 0 Å². The number of nitrogens with zero attached hydrogens (tertiary/aromatic N) is 3. The van der Waals surface area contributed by atoms with Crippen molar-refractivity contribution >= 4 is 28.3 Å². The molecular weight excluding hydrogens is 273 g/mol. The van der Waals surface area contributed by atoms with Crippen LogP contribution < -0.4 is 0 Å². The summed E-state index contributed by atoms with van der Waals surface area (Å²) < 4.78 is 0.391. The molecule has 0 saturated heterocycles. The number of hydrogen-bond donors (Lipinski definition) is 0. The van der Waals surface area contributed by atoms with Crippen molar-refractivity contribution in [2.75, 3.05) is 0 Å². The average Bonchev–Trinajstić information content (AvgIpc) is 1.82. The Bertz CT molecular complexity index is 317. The first-order valence-electron chi connectivity index (χ1n) is 3.17. The van der Waals surface area contributed by atoms with Crippen molar-refractivity contribution in [3.8, 4) is 0 Å². The molecule has 0 radical (unpaired) electrons. The van der Waals surface area contributed by atoms with Gasteiger partial charge in [-0.15, -0.1) is 0 Å². The molecule has 0 spiro atoms. The zero-order chi connectivity index (χ0) is 9.30. The fourth-order valence-corrected chi connectivity index (χ4v) is 1.81. The second-order valence-corrected chi connectivity index (χ2v) is 3.27. The molecule has 1 heterocycles. The lowest BCUT2D eigenvalue weighted by molar-refractivity contribution is -0.387. The van der Waals surface area contributed by atoms with Gasteiger partial charge in [0.2, 0.25) is 0 Å². The van der Waals surface area contributed by atoms with Gasteiger partial charge in [0.05, 0.1) is 4.92 Å². The van der Waals surface area contributed by atoms with Crippen LogP contribution in [0.3, 0.4) is 0 Å². The molecule has 64 valence electrons. The highest BCUT2D eigenvalue weighted by Crippen LogP contribution is 2.21. The third-order valence-electron chi connectivity index (χ3n) is 1.31. The van der Waals surface area contributed by atoms with Crippen molar-refractivity contribution in [1.29, 1.82) is 0 Å². The van der Waals surface area contributed by atoms with Crippen molar-refractivity contribution in [3.63, 3.8) is 0 Å². The highest BCUT2D eigenvalue weighted by Gasteiger charge is 2.18. The highest BCUT2D eigenvalue weighted by molar-refractivity contribution is 14.1. The van der Waals surface area contributed by atoms with Crippen LogP contribution in [0.15, 0.2) is 0 Å². The molecule has 0 saturated carbocycles. The lowest BCUT2D eigenvalue weighted by Gasteiger charge is -1.98. The first-order chi connectivity index (χ1) is 5.52. The predicted octanol–water partition coefficient (Wildman–Crippen LogP) is 1.61. The van der Waals surface area contributed by atoms with Crippen molar-refractivity contribution in [2.45, 2.75) is 13.8 Å². The molecule has 6 heteroatoms. The number of aromatic nitrogens is 2. The second-order valence-electron chi connectivity index (χ2n) is 2.25. The zero-order valence-corrected chi connectivity index (χ0v) is 8.69. The minimum atomic E-state index is -0.462. The molecular formula is C6H6IN3O2. The molecule has 0 unspecified atom stereocenters. The molecule has 1 rings (SSSR count). The second kappa shape index (κ2) is 3.30. The third-order valence-corrected chi connectivity index (χ3v) is 2.06. The normalized spacial score (nSPS) is 9.92. The van der Waals surface area contributed by atoms with Gasteiger partial charge in [0.25, 0.3) is 0 Å². The van der Waals surface area contributed by atoms with Crippen molar-refractivity contribution < 1.29 is 4.92 Å². The number of rotatable bonds is 1. The SMILES string of the molecule is Cc1nc(C)c([N+](=O)[O-])c(I)n1. The summed E-state index contributed by atoms with van der Waals surface area (Å²) in [5, 5.41) is 10.5. The van der Waals surface area contributed by atoms with E-state index >= 15 is 0 Å². The Kier molecular flexibility index (Phi) is 2.55. The number of halogens is 1. The Labute approximate surface area is 82.5 Å².